The molecule has 0 bridgehead atoms. The molecule has 3 rings (SSSR count). The lowest BCUT2D eigenvalue weighted by atomic mass is 9.78. The summed E-state index contributed by atoms with van der Waals surface area (Å²) in [5, 5.41) is 10.8. The molecule has 0 fully saturated rings. The fourth-order valence-corrected chi connectivity index (χ4v) is 3.52. The number of rotatable bonds is 4. The fraction of sp³-hybridized carbons (Fsp3) is 0.400. The van der Waals surface area contributed by atoms with Gasteiger partial charge in [0.1, 0.15) is 0 Å². The van der Waals surface area contributed by atoms with E-state index in [1.807, 2.05) is 0 Å². The summed E-state index contributed by atoms with van der Waals surface area (Å²) in [5.41, 5.74) is 5.17. The third kappa shape index (κ3) is 3.03. The summed E-state index contributed by atoms with van der Waals surface area (Å²) in [4.78, 5) is 0. The molecule has 0 radical (unpaired) electrons. The van der Waals surface area contributed by atoms with Crippen LogP contribution in [0.25, 0.3) is 0 Å². The highest BCUT2D eigenvalue weighted by molar-refractivity contribution is 5.36. The van der Waals surface area contributed by atoms with Crippen molar-refractivity contribution < 1.29 is 5.11 Å². The molecule has 1 N–H and O–H groups in total. The lowest BCUT2D eigenvalue weighted by Crippen LogP contribution is -2.17. The van der Waals surface area contributed by atoms with Crippen molar-refractivity contribution in [3.63, 3.8) is 0 Å². The van der Waals surface area contributed by atoms with E-state index in [1.165, 1.54) is 23.1 Å². The fourth-order valence-electron chi connectivity index (χ4n) is 3.52. The van der Waals surface area contributed by atoms with E-state index in [4.69, 9.17) is 0 Å². The van der Waals surface area contributed by atoms with Gasteiger partial charge in [-0.2, -0.15) is 0 Å². The van der Waals surface area contributed by atoms with E-state index in [-0.39, 0.29) is 12.0 Å². The Morgan fingerprint density at radius 2 is 1.86 bits per heavy atom. The number of aliphatic hydroxyl groups excluding tert-OH is 1. The van der Waals surface area contributed by atoms with E-state index >= 15 is 0 Å². The Labute approximate surface area is 127 Å². The first-order valence-electron chi connectivity index (χ1n) is 8.14. The first kappa shape index (κ1) is 14.3. The van der Waals surface area contributed by atoms with Crippen LogP contribution in [0.3, 0.4) is 0 Å². The Morgan fingerprint density at radius 1 is 1.10 bits per heavy atom. The zero-order valence-electron chi connectivity index (χ0n) is 12.8. The van der Waals surface area contributed by atoms with Crippen LogP contribution in [-0.4, -0.2) is 5.11 Å². The van der Waals surface area contributed by atoms with E-state index in [1.54, 1.807) is 0 Å². The number of aliphatic hydroxyl groups is 1. The van der Waals surface area contributed by atoms with Gasteiger partial charge in [0.2, 0.25) is 0 Å². The maximum absolute atomic E-state index is 10.8. The lowest BCUT2D eigenvalue weighted by molar-refractivity contribution is 0.136. The van der Waals surface area contributed by atoms with Crippen LogP contribution in [0, 0.1) is 0 Å². The maximum atomic E-state index is 10.8. The van der Waals surface area contributed by atoms with Gasteiger partial charge < -0.3 is 5.11 Å². The molecule has 2 atom stereocenters. The van der Waals surface area contributed by atoms with Crippen molar-refractivity contribution >= 4 is 0 Å². The van der Waals surface area contributed by atoms with Crippen molar-refractivity contribution in [2.24, 2.45) is 0 Å². The summed E-state index contributed by atoms with van der Waals surface area (Å²) >= 11 is 0. The molecule has 0 aromatic heterocycles. The third-order valence-corrected chi connectivity index (χ3v) is 4.66. The van der Waals surface area contributed by atoms with Gasteiger partial charge in [-0.3, -0.25) is 0 Å². The molecule has 1 heteroatoms. The minimum atomic E-state index is -0.387. The Balaban J connectivity index is 1.84. The molecule has 1 aliphatic rings. The van der Waals surface area contributed by atoms with E-state index < -0.39 is 0 Å². The molecule has 1 aliphatic carbocycles. The van der Waals surface area contributed by atoms with Gasteiger partial charge in [-0.1, -0.05) is 61.9 Å². The van der Waals surface area contributed by atoms with Gasteiger partial charge in [-0.15, -0.1) is 0 Å². The Hall–Kier alpha value is -1.60. The number of aryl methyl sites for hydroxylation is 2. The summed E-state index contributed by atoms with van der Waals surface area (Å²) in [6.45, 7) is 2.20. The van der Waals surface area contributed by atoms with Crippen LogP contribution in [0.2, 0.25) is 0 Å². The topological polar surface area (TPSA) is 20.2 Å². The van der Waals surface area contributed by atoms with Crippen LogP contribution in [0.15, 0.2) is 48.5 Å². The highest BCUT2D eigenvalue weighted by atomic mass is 16.3. The van der Waals surface area contributed by atoms with Crippen molar-refractivity contribution in [3.05, 3.63) is 70.8 Å². The van der Waals surface area contributed by atoms with Crippen LogP contribution in [0.4, 0.5) is 0 Å². The van der Waals surface area contributed by atoms with E-state index in [0.29, 0.717) is 0 Å². The first-order valence-corrected chi connectivity index (χ1v) is 8.14. The van der Waals surface area contributed by atoms with Crippen LogP contribution in [0.5, 0.6) is 0 Å². The first-order chi connectivity index (χ1) is 10.3. The molecular weight excluding hydrogens is 256 g/mol. The van der Waals surface area contributed by atoms with Gasteiger partial charge in [0.05, 0.1) is 6.10 Å². The maximum Gasteiger partial charge on any atom is 0.0858 e. The highest BCUT2D eigenvalue weighted by Gasteiger charge is 2.27. The Kier molecular flexibility index (Phi) is 4.40. The second-order valence-corrected chi connectivity index (χ2v) is 6.13. The summed E-state index contributed by atoms with van der Waals surface area (Å²) in [5.74, 6) is 0.243. The second-order valence-electron chi connectivity index (χ2n) is 6.13. The molecule has 0 saturated heterocycles. The summed E-state index contributed by atoms with van der Waals surface area (Å²) in [6, 6.07) is 17.1. The van der Waals surface area contributed by atoms with E-state index in [2.05, 4.69) is 55.5 Å². The molecule has 0 heterocycles. The van der Waals surface area contributed by atoms with Crippen LogP contribution in [-0.2, 0) is 12.8 Å². The van der Waals surface area contributed by atoms with Gasteiger partial charge in [-0.05, 0) is 47.9 Å². The van der Waals surface area contributed by atoms with Crippen molar-refractivity contribution in [1.29, 1.82) is 0 Å². The third-order valence-electron chi connectivity index (χ3n) is 4.66. The normalized spacial score (nSPS) is 19.0. The van der Waals surface area contributed by atoms with E-state index in [0.717, 1.165) is 31.2 Å². The zero-order valence-corrected chi connectivity index (χ0v) is 12.8. The van der Waals surface area contributed by atoms with Gasteiger partial charge in [-0.25, -0.2) is 0 Å². The van der Waals surface area contributed by atoms with Gasteiger partial charge in [0, 0.05) is 5.92 Å². The highest BCUT2D eigenvalue weighted by Crippen LogP contribution is 2.40. The Bertz CT molecular complexity index is 585. The predicted octanol–water partition coefficient (Wildman–Crippen LogP) is 4.79. The monoisotopic (exact) mass is 280 g/mol. The molecule has 0 aliphatic heterocycles. The largest absolute Gasteiger partial charge is 0.388 e. The standard InChI is InChI=1S/C20H24O/c1-2-6-15-11-13-17(14-12-15)20(21)19-10-5-8-16-7-3-4-9-18(16)19/h3-4,7,9,11-14,19-21H,2,5-6,8,10H2,1H3. The molecular formula is C20H24O. The average molecular weight is 280 g/mol. The van der Waals surface area contributed by atoms with Crippen LogP contribution >= 0.6 is 0 Å². The van der Waals surface area contributed by atoms with Gasteiger partial charge in [0.15, 0.2) is 0 Å². The lowest BCUT2D eigenvalue weighted by Gasteiger charge is -2.29. The Morgan fingerprint density at radius 3 is 2.62 bits per heavy atom. The molecule has 110 valence electrons. The molecule has 2 unspecified atom stereocenters. The molecule has 0 spiro atoms. The van der Waals surface area contributed by atoms with Crippen molar-refractivity contribution in [3.8, 4) is 0 Å². The molecule has 0 saturated carbocycles. The second kappa shape index (κ2) is 6.44. The number of fused-ring (bicyclic) bond motifs is 1. The van der Waals surface area contributed by atoms with Crippen LogP contribution in [0.1, 0.15) is 60.5 Å². The average Bonchev–Trinajstić information content (AvgIpc) is 2.55. The number of hydrogen-bond donors (Lipinski definition) is 1. The van der Waals surface area contributed by atoms with Crippen molar-refractivity contribution in [2.45, 2.75) is 51.0 Å². The predicted molar refractivity (Wildman–Crippen MR) is 87.5 cm³/mol. The zero-order chi connectivity index (χ0) is 14.7. The quantitative estimate of drug-likeness (QED) is 0.853. The molecule has 2 aromatic rings. The van der Waals surface area contributed by atoms with Crippen molar-refractivity contribution in [1.82, 2.24) is 0 Å². The molecule has 0 amide bonds. The number of benzene rings is 2. The SMILES string of the molecule is CCCc1ccc(C(O)C2CCCc3ccccc32)cc1. The van der Waals surface area contributed by atoms with Crippen molar-refractivity contribution in [2.75, 3.05) is 0 Å². The number of hydrogen-bond acceptors (Lipinski definition) is 1. The summed E-state index contributed by atoms with van der Waals surface area (Å²) in [6.07, 6.45) is 5.29. The summed E-state index contributed by atoms with van der Waals surface area (Å²) < 4.78 is 0. The molecule has 1 nitrogen and oxygen atoms in total. The molecule has 21 heavy (non-hydrogen) atoms. The molecule has 2 aromatic carbocycles. The minimum Gasteiger partial charge on any atom is -0.388 e. The van der Waals surface area contributed by atoms with Crippen LogP contribution < -0.4 is 0 Å². The van der Waals surface area contributed by atoms with E-state index in [9.17, 15) is 5.11 Å². The smallest absolute Gasteiger partial charge is 0.0858 e. The summed E-state index contributed by atoms with van der Waals surface area (Å²) in [7, 11) is 0. The minimum absolute atomic E-state index is 0.243. The van der Waals surface area contributed by atoms with Gasteiger partial charge in [0.25, 0.3) is 0 Å². The van der Waals surface area contributed by atoms with Gasteiger partial charge >= 0.3 is 0 Å².